The molecule has 0 fully saturated rings. The lowest BCUT2D eigenvalue weighted by molar-refractivity contribution is -0.142. The molecular formula is C12H18N2O4. The van der Waals surface area contributed by atoms with E-state index in [2.05, 4.69) is 5.32 Å². The Morgan fingerprint density at radius 3 is 2.94 bits per heavy atom. The predicted octanol–water partition coefficient (Wildman–Crippen LogP) is 0.729. The number of aliphatic carboxylic acids is 1. The number of ether oxygens (including phenoxy) is 1. The molecule has 6 heteroatoms. The highest BCUT2D eigenvalue weighted by Gasteiger charge is 2.09. The van der Waals surface area contributed by atoms with Gasteiger partial charge in [-0.05, 0) is 18.6 Å². The molecule has 0 radical (unpaired) electrons. The number of nitrogens with zero attached hydrogens (tertiary/aromatic N) is 1. The standard InChI is InChI=1S/C12H18N2O4/c1-2-6-14-7-3-4-10(14)12(17)13-5-8-18-9-11(15)16/h3-4,7H,2,5-6,8-9H2,1H3,(H,13,17)(H,15,16). The lowest BCUT2D eigenvalue weighted by Crippen LogP contribution is -2.29. The highest BCUT2D eigenvalue weighted by Crippen LogP contribution is 2.03. The van der Waals surface area contributed by atoms with Gasteiger partial charge in [0.1, 0.15) is 12.3 Å². The van der Waals surface area contributed by atoms with Crippen molar-refractivity contribution in [1.82, 2.24) is 9.88 Å². The fraction of sp³-hybridized carbons (Fsp3) is 0.500. The molecule has 0 aliphatic carbocycles. The smallest absolute Gasteiger partial charge is 0.329 e. The molecule has 18 heavy (non-hydrogen) atoms. The van der Waals surface area contributed by atoms with Crippen molar-refractivity contribution in [3.63, 3.8) is 0 Å². The van der Waals surface area contributed by atoms with Gasteiger partial charge in [-0.3, -0.25) is 4.79 Å². The molecule has 1 amide bonds. The van der Waals surface area contributed by atoms with Crippen molar-refractivity contribution in [1.29, 1.82) is 0 Å². The lowest BCUT2D eigenvalue weighted by Gasteiger charge is -2.08. The van der Waals surface area contributed by atoms with Crippen LogP contribution in [-0.4, -0.2) is 41.3 Å². The predicted molar refractivity (Wildman–Crippen MR) is 65.5 cm³/mol. The first-order valence-electron chi connectivity index (χ1n) is 5.88. The Balaban J connectivity index is 2.31. The highest BCUT2D eigenvalue weighted by molar-refractivity contribution is 5.92. The first-order chi connectivity index (χ1) is 8.65. The van der Waals surface area contributed by atoms with E-state index in [1.165, 1.54) is 0 Å². The minimum absolute atomic E-state index is 0.174. The van der Waals surface area contributed by atoms with E-state index in [-0.39, 0.29) is 19.1 Å². The Labute approximate surface area is 106 Å². The number of carboxylic acid groups (broad SMARTS) is 1. The molecule has 0 spiro atoms. The molecule has 2 N–H and O–H groups in total. The lowest BCUT2D eigenvalue weighted by atomic mass is 10.3. The van der Waals surface area contributed by atoms with Crippen LogP contribution in [0.2, 0.25) is 0 Å². The molecule has 0 aromatic carbocycles. The Kier molecular flexibility index (Phi) is 5.93. The van der Waals surface area contributed by atoms with Crippen LogP contribution in [-0.2, 0) is 16.1 Å². The number of amides is 1. The number of rotatable bonds is 8. The summed E-state index contributed by atoms with van der Waals surface area (Å²) in [7, 11) is 0. The molecule has 0 saturated heterocycles. The zero-order valence-corrected chi connectivity index (χ0v) is 10.4. The molecule has 0 atom stereocenters. The van der Waals surface area contributed by atoms with Crippen LogP contribution in [0.5, 0.6) is 0 Å². The van der Waals surface area contributed by atoms with Crippen LogP contribution in [0.15, 0.2) is 18.3 Å². The summed E-state index contributed by atoms with van der Waals surface area (Å²) >= 11 is 0. The summed E-state index contributed by atoms with van der Waals surface area (Å²) in [4.78, 5) is 22.0. The molecule has 1 aromatic heterocycles. The summed E-state index contributed by atoms with van der Waals surface area (Å²) in [6.07, 6.45) is 2.82. The van der Waals surface area contributed by atoms with Crippen LogP contribution in [0, 0.1) is 0 Å². The van der Waals surface area contributed by atoms with Crippen molar-refractivity contribution in [2.75, 3.05) is 19.8 Å². The van der Waals surface area contributed by atoms with Crippen molar-refractivity contribution in [3.05, 3.63) is 24.0 Å². The van der Waals surface area contributed by atoms with Crippen LogP contribution >= 0.6 is 0 Å². The highest BCUT2D eigenvalue weighted by atomic mass is 16.5. The van der Waals surface area contributed by atoms with E-state index in [9.17, 15) is 9.59 Å². The summed E-state index contributed by atoms with van der Waals surface area (Å²) in [6, 6.07) is 3.58. The summed E-state index contributed by atoms with van der Waals surface area (Å²) in [5, 5.41) is 11.0. The molecule has 0 saturated carbocycles. The normalized spacial score (nSPS) is 10.3. The van der Waals surface area contributed by atoms with Gasteiger partial charge in [-0.25, -0.2) is 4.79 Å². The minimum Gasteiger partial charge on any atom is -0.480 e. The first-order valence-corrected chi connectivity index (χ1v) is 5.88. The number of carbonyl (C=O) groups excluding carboxylic acids is 1. The van der Waals surface area contributed by atoms with Gasteiger partial charge in [-0.1, -0.05) is 6.92 Å². The average Bonchev–Trinajstić information content (AvgIpc) is 2.77. The van der Waals surface area contributed by atoms with E-state index in [1.807, 2.05) is 23.8 Å². The second-order valence-corrected chi connectivity index (χ2v) is 3.79. The van der Waals surface area contributed by atoms with Crippen molar-refractivity contribution >= 4 is 11.9 Å². The number of nitrogens with one attached hydrogen (secondary N) is 1. The Hall–Kier alpha value is -1.82. The van der Waals surface area contributed by atoms with E-state index in [0.717, 1.165) is 13.0 Å². The fourth-order valence-corrected chi connectivity index (χ4v) is 1.54. The molecule has 6 nitrogen and oxygen atoms in total. The van der Waals surface area contributed by atoms with Gasteiger partial charge in [0.25, 0.3) is 5.91 Å². The third-order valence-electron chi connectivity index (χ3n) is 2.28. The summed E-state index contributed by atoms with van der Waals surface area (Å²) in [5.74, 6) is -1.19. The molecule has 0 aliphatic rings. The summed E-state index contributed by atoms with van der Waals surface area (Å²) in [5.41, 5.74) is 0.607. The number of aromatic nitrogens is 1. The minimum atomic E-state index is -1.02. The van der Waals surface area contributed by atoms with Crippen molar-refractivity contribution < 1.29 is 19.4 Å². The fourth-order valence-electron chi connectivity index (χ4n) is 1.54. The topological polar surface area (TPSA) is 80.6 Å². The van der Waals surface area contributed by atoms with Crippen molar-refractivity contribution in [3.8, 4) is 0 Å². The van der Waals surface area contributed by atoms with Gasteiger partial charge < -0.3 is 19.7 Å². The molecular weight excluding hydrogens is 236 g/mol. The average molecular weight is 254 g/mol. The first kappa shape index (κ1) is 14.2. The van der Waals surface area contributed by atoms with Gasteiger partial charge in [0, 0.05) is 19.3 Å². The maximum absolute atomic E-state index is 11.8. The number of carboxylic acids is 1. The van der Waals surface area contributed by atoms with E-state index in [1.54, 1.807) is 6.07 Å². The summed E-state index contributed by atoms with van der Waals surface area (Å²) < 4.78 is 6.70. The largest absolute Gasteiger partial charge is 0.480 e. The van der Waals surface area contributed by atoms with Gasteiger partial charge in [0.2, 0.25) is 0 Å². The molecule has 0 unspecified atom stereocenters. The summed E-state index contributed by atoms with van der Waals surface area (Å²) in [6.45, 7) is 2.98. The number of hydrogen-bond acceptors (Lipinski definition) is 3. The van der Waals surface area contributed by atoms with Crippen LogP contribution in [0.1, 0.15) is 23.8 Å². The molecule has 1 heterocycles. The van der Waals surface area contributed by atoms with Gasteiger partial charge in [-0.2, -0.15) is 0 Å². The zero-order chi connectivity index (χ0) is 13.4. The monoisotopic (exact) mass is 254 g/mol. The molecule has 1 aromatic rings. The van der Waals surface area contributed by atoms with Gasteiger partial charge in [-0.15, -0.1) is 0 Å². The number of hydrogen-bond donors (Lipinski definition) is 2. The third kappa shape index (κ3) is 4.58. The second kappa shape index (κ2) is 7.50. The number of carbonyl (C=O) groups is 2. The van der Waals surface area contributed by atoms with E-state index in [0.29, 0.717) is 12.2 Å². The molecule has 1 rings (SSSR count). The second-order valence-electron chi connectivity index (χ2n) is 3.79. The quantitative estimate of drug-likeness (QED) is 0.670. The Morgan fingerprint density at radius 1 is 1.50 bits per heavy atom. The van der Waals surface area contributed by atoms with E-state index >= 15 is 0 Å². The Morgan fingerprint density at radius 2 is 2.28 bits per heavy atom. The van der Waals surface area contributed by atoms with Crippen LogP contribution < -0.4 is 5.32 Å². The molecule has 0 bridgehead atoms. The van der Waals surface area contributed by atoms with Gasteiger partial charge in [0.15, 0.2) is 0 Å². The van der Waals surface area contributed by atoms with Crippen LogP contribution in [0.25, 0.3) is 0 Å². The van der Waals surface area contributed by atoms with Gasteiger partial charge in [0.05, 0.1) is 6.61 Å². The Bertz CT molecular complexity index is 401. The number of aryl methyl sites for hydroxylation is 1. The SMILES string of the molecule is CCCn1cccc1C(=O)NCCOCC(=O)O. The van der Waals surface area contributed by atoms with Crippen LogP contribution in [0.4, 0.5) is 0 Å². The van der Waals surface area contributed by atoms with Gasteiger partial charge >= 0.3 is 5.97 Å². The van der Waals surface area contributed by atoms with Crippen molar-refractivity contribution in [2.45, 2.75) is 19.9 Å². The molecule has 0 aliphatic heterocycles. The zero-order valence-electron chi connectivity index (χ0n) is 10.4. The van der Waals surface area contributed by atoms with E-state index < -0.39 is 5.97 Å². The maximum Gasteiger partial charge on any atom is 0.329 e. The molecule has 100 valence electrons. The third-order valence-corrected chi connectivity index (χ3v) is 2.28. The maximum atomic E-state index is 11.8. The van der Waals surface area contributed by atoms with Crippen molar-refractivity contribution in [2.24, 2.45) is 0 Å². The van der Waals surface area contributed by atoms with E-state index in [4.69, 9.17) is 9.84 Å². The van der Waals surface area contributed by atoms with Crippen LogP contribution in [0.3, 0.4) is 0 Å².